The first kappa shape index (κ1) is 22.4. The highest BCUT2D eigenvalue weighted by molar-refractivity contribution is 5.92. The maximum absolute atomic E-state index is 13.1. The van der Waals surface area contributed by atoms with E-state index in [2.05, 4.69) is 34.9 Å². The van der Waals surface area contributed by atoms with E-state index in [0.29, 0.717) is 12.8 Å². The largest absolute Gasteiger partial charge is 0.481 e. The van der Waals surface area contributed by atoms with E-state index in [-0.39, 0.29) is 30.3 Å². The van der Waals surface area contributed by atoms with Crippen molar-refractivity contribution >= 4 is 18.0 Å². The summed E-state index contributed by atoms with van der Waals surface area (Å²) in [7, 11) is 0. The summed E-state index contributed by atoms with van der Waals surface area (Å²) in [6.45, 7) is 1.84. The summed E-state index contributed by atoms with van der Waals surface area (Å²) >= 11 is 0. The van der Waals surface area contributed by atoms with Gasteiger partial charge in [0.1, 0.15) is 12.1 Å². The Balaban J connectivity index is 1.27. The summed E-state index contributed by atoms with van der Waals surface area (Å²) in [6, 6.07) is 15.8. The molecule has 34 heavy (non-hydrogen) atoms. The van der Waals surface area contributed by atoms with Crippen LogP contribution in [0, 0.1) is 5.41 Å². The molecular formula is C27H30N2O5. The van der Waals surface area contributed by atoms with Crippen LogP contribution in [-0.2, 0) is 14.3 Å². The fraction of sp³-hybridized carbons (Fsp3) is 0.444. The van der Waals surface area contributed by atoms with Gasteiger partial charge in [0.05, 0.1) is 6.42 Å². The van der Waals surface area contributed by atoms with Crippen molar-refractivity contribution in [2.45, 2.75) is 62.9 Å². The molecular weight excluding hydrogens is 432 g/mol. The van der Waals surface area contributed by atoms with E-state index < -0.39 is 23.6 Å². The Morgan fingerprint density at radius 3 is 2.15 bits per heavy atom. The van der Waals surface area contributed by atoms with Gasteiger partial charge in [0.15, 0.2) is 0 Å². The SMILES string of the molecule is C[C@H](CC(=O)O)NC(=O)C1(NC(=O)OCC2c3ccccc3-c3ccccc32)CC2(CCC2)C1. The minimum atomic E-state index is -1.05. The van der Waals surface area contributed by atoms with E-state index in [4.69, 9.17) is 9.84 Å². The molecule has 2 amide bonds. The van der Waals surface area contributed by atoms with Crippen LogP contribution in [0.4, 0.5) is 4.79 Å². The van der Waals surface area contributed by atoms with E-state index in [1.54, 1.807) is 6.92 Å². The molecule has 7 nitrogen and oxygen atoms in total. The molecule has 3 aliphatic rings. The minimum Gasteiger partial charge on any atom is -0.481 e. The highest BCUT2D eigenvalue weighted by Gasteiger charge is 2.61. The number of carbonyl (C=O) groups excluding carboxylic acids is 2. The number of carbonyl (C=O) groups is 3. The number of fused-ring (bicyclic) bond motifs is 3. The summed E-state index contributed by atoms with van der Waals surface area (Å²) in [5.41, 5.74) is 3.63. The molecule has 0 heterocycles. The van der Waals surface area contributed by atoms with E-state index >= 15 is 0 Å². The molecule has 1 spiro atoms. The Labute approximate surface area is 198 Å². The van der Waals surface area contributed by atoms with E-state index in [1.165, 1.54) is 0 Å². The predicted octanol–water partition coefficient (Wildman–Crippen LogP) is 4.21. The number of nitrogens with one attached hydrogen (secondary N) is 2. The monoisotopic (exact) mass is 462 g/mol. The van der Waals surface area contributed by atoms with Crippen molar-refractivity contribution in [2.75, 3.05) is 6.61 Å². The van der Waals surface area contributed by atoms with Gasteiger partial charge in [-0.05, 0) is 60.3 Å². The number of hydrogen-bond acceptors (Lipinski definition) is 4. The molecule has 7 heteroatoms. The second kappa shape index (κ2) is 8.46. The quantitative estimate of drug-likeness (QED) is 0.572. The van der Waals surface area contributed by atoms with Gasteiger partial charge in [-0.15, -0.1) is 0 Å². The molecule has 0 saturated heterocycles. The van der Waals surface area contributed by atoms with Crippen molar-refractivity contribution in [3.05, 3.63) is 59.7 Å². The topological polar surface area (TPSA) is 105 Å². The van der Waals surface area contributed by atoms with Gasteiger partial charge < -0.3 is 20.5 Å². The van der Waals surface area contributed by atoms with Crippen molar-refractivity contribution in [3.63, 3.8) is 0 Å². The second-order valence-corrected chi connectivity index (χ2v) is 10.2. The lowest BCUT2D eigenvalue weighted by Crippen LogP contribution is -2.71. The fourth-order valence-electron chi connectivity index (χ4n) is 6.07. The van der Waals surface area contributed by atoms with Crippen LogP contribution in [0.5, 0.6) is 0 Å². The van der Waals surface area contributed by atoms with Crippen LogP contribution in [-0.4, -0.2) is 41.3 Å². The van der Waals surface area contributed by atoms with Crippen molar-refractivity contribution in [2.24, 2.45) is 5.41 Å². The molecule has 2 fully saturated rings. The molecule has 178 valence electrons. The molecule has 3 aliphatic carbocycles. The van der Waals surface area contributed by atoms with Gasteiger partial charge in [0.25, 0.3) is 0 Å². The molecule has 1 atom stereocenters. The minimum absolute atomic E-state index is 0.0575. The Morgan fingerprint density at radius 2 is 1.62 bits per heavy atom. The van der Waals surface area contributed by atoms with Crippen molar-refractivity contribution < 1.29 is 24.2 Å². The molecule has 0 unspecified atom stereocenters. The summed E-state index contributed by atoms with van der Waals surface area (Å²) in [4.78, 5) is 37.0. The van der Waals surface area contributed by atoms with Crippen LogP contribution in [0.15, 0.2) is 48.5 Å². The molecule has 3 N–H and O–H groups in total. The third-order valence-corrected chi connectivity index (χ3v) is 7.75. The van der Waals surface area contributed by atoms with Crippen LogP contribution < -0.4 is 10.6 Å². The summed E-state index contributed by atoms with van der Waals surface area (Å²) in [5, 5.41) is 14.7. The first-order valence-electron chi connectivity index (χ1n) is 12.0. The highest BCUT2D eigenvalue weighted by atomic mass is 16.5. The Kier molecular flexibility index (Phi) is 5.58. The maximum Gasteiger partial charge on any atom is 0.408 e. The standard InChI is InChI=1S/C27H30N2O5/c1-17(13-23(30)31)28-24(32)27(15-26(16-27)11-6-12-26)29-25(33)34-14-22-20-9-4-2-7-18(20)19-8-3-5-10-21(19)22/h2-5,7-10,17,22H,6,11-16H2,1H3,(H,28,32)(H,29,33)(H,30,31)/t17-/m1/s1. The summed E-state index contributed by atoms with van der Waals surface area (Å²) in [5.74, 6) is -1.36. The number of carboxylic acids is 1. The van der Waals surface area contributed by atoms with Crippen molar-refractivity contribution in [3.8, 4) is 11.1 Å². The van der Waals surface area contributed by atoms with Gasteiger partial charge in [-0.1, -0.05) is 55.0 Å². The average molecular weight is 463 g/mol. The number of ether oxygens (including phenoxy) is 1. The molecule has 0 bridgehead atoms. The smallest absolute Gasteiger partial charge is 0.408 e. The van der Waals surface area contributed by atoms with Gasteiger partial charge in [-0.3, -0.25) is 9.59 Å². The molecule has 0 aromatic heterocycles. The zero-order valence-electron chi connectivity index (χ0n) is 19.3. The normalized spacial score (nSPS) is 19.7. The van der Waals surface area contributed by atoms with Crippen molar-refractivity contribution in [1.29, 1.82) is 0 Å². The molecule has 0 radical (unpaired) electrons. The Hall–Kier alpha value is -3.35. The number of carboxylic acid groups (broad SMARTS) is 1. The summed E-state index contributed by atoms with van der Waals surface area (Å²) < 4.78 is 5.69. The van der Waals surface area contributed by atoms with Gasteiger partial charge >= 0.3 is 12.1 Å². The molecule has 0 aliphatic heterocycles. The van der Waals surface area contributed by atoms with Gasteiger partial charge in [0.2, 0.25) is 5.91 Å². The zero-order valence-corrected chi connectivity index (χ0v) is 19.3. The van der Waals surface area contributed by atoms with Gasteiger partial charge in [0, 0.05) is 12.0 Å². The van der Waals surface area contributed by atoms with Crippen LogP contribution >= 0.6 is 0 Å². The van der Waals surface area contributed by atoms with Gasteiger partial charge in [-0.2, -0.15) is 0 Å². The van der Waals surface area contributed by atoms with Crippen LogP contribution in [0.25, 0.3) is 11.1 Å². The Morgan fingerprint density at radius 1 is 1.03 bits per heavy atom. The third kappa shape index (κ3) is 3.93. The second-order valence-electron chi connectivity index (χ2n) is 10.2. The lowest BCUT2D eigenvalue weighted by Gasteiger charge is -2.59. The maximum atomic E-state index is 13.1. The average Bonchev–Trinajstić information content (AvgIpc) is 3.06. The molecule has 5 rings (SSSR count). The number of benzene rings is 2. The highest BCUT2D eigenvalue weighted by Crippen LogP contribution is 2.60. The third-order valence-electron chi connectivity index (χ3n) is 7.75. The van der Waals surface area contributed by atoms with Crippen LogP contribution in [0.3, 0.4) is 0 Å². The zero-order chi connectivity index (χ0) is 23.9. The molecule has 2 saturated carbocycles. The predicted molar refractivity (Wildman–Crippen MR) is 126 cm³/mol. The van der Waals surface area contributed by atoms with Gasteiger partial charge in [-0.25, -0.2) is 4.79 Å². The lowest BCUT2D eigenvalue weighted by molar-refractivity contribution is -0.145. The number of aliphatic carboxylic acids is 1. The fourth-order valence-corrected chi connectivity index (χ4v) is 6.07. The van der Waals surface area contributed by atoms with E-state index in [1.807, 2.05) is 24.3 Å². The number of amides is 2. The summed E-state index contributed by atoms with van der Waals surface area (Å²) in [6.07, 6.45) is 3.59. The Bertz CT molecular complexity index is 1090. The van der Waals surface area contributed by atoms with Crippen LogP contribution in [0.2, 0.25) is 0 Å². The number of hydrogen-bond donors (Lipinski definition) is 3. The first-order valence-corrected chi connectivity index (χ1v) is 12.0. The van der Waals surface area contributed by atoms with E-state index in [9.17, 15) is 14.4 Å². The molecule has 2 aromatic carbocycles. The van der Waals surface area contributed by atoms with Crippen LogP contribution in [0.1, 0.15) is 62.5 Å². The van der Waals surface area contributed by atoms with E-state index in [0.717, 1.165) is 41.5 Å². The first-order chi connectivity index (χ1) is 16.3. The number of alkyl carbamates (subject to hydrolysis) is 1. The number of rotatable bonds is 7. The van der Waals surface area contributed by atoms with Crippen molar-refractivity contribution in [1.82, 2.24) is 10.6 Å². The molecule has 2 aromatic rings. The lowest BCUT2D eigenvalue weighted by atomic mass is 9.48.